The number of anilines is 1. The number of pyridine rings is 2. The van der Waals surface area contributed by atoms with E-state index in [0.29, 0.717) is 23.5 Å². The van der Waals surface area contributed by atoms with Crippen molar-refractivity contribution in [2.75, 3.05) is 5.32 Å². The van der Waals surface area contributed by atoms with Crippen LogP contribution in [0.3, 0.4) is 0 Å². The topological polar surface area (TPSA) is 96.5 Å². The van der Waals surface area contributed by atoms with Crippen LogP contribution in [0.4, 0.5) is 5.82 Å². The van der Waals surface area contributed by atoms with E-state index in [9.17, 15) is 4.79 Å². The van der Waals surface area contributed by atoms with Gasteiger partial charge >= 0.3 is 0 Å². The molecule has 7 nitrogen and oxygen atoms in total. The average molecular weight is 318 g/mol. The summed E-state index contributed by atoms with van der Waals surface area (Å²) in [5.74, 6) is 0.0606. The molecule has 0 atom stereocenters. The van der Waals surface area contributed by atoms with Crippen LogP contribution >= 0.6 is 0 Å². The van der Waals surface area contributed by atoms with Gasteiger partial charge in [-0.15, -0.1) is 0 Å². The minimum Gasteiger partial charge on any atom is -0.304 e. The highest BCUT2D eigenvalue weighted by Crippen LogP contribution is 2.10. The van der Waals surface area contributed by atoms with Gasteiger partial charge < -0.3 is 5.32 Å². The number of hydrogen-bond acceptors (Lipinski definition) is 5. The molecule has 3 aromatic heterocycles. The Kier molecular flexibility index (Phi) is 4.29. The number of rotatable bonds is 4. The van der Waals surface area contributed by atoms with Crippen LogP contribution in [0.5, 0.6) is 0 Å². The van der Waals surface area contributed by atoms with Gasteiger partial charge in [-0.25, -0.2) is 4.98 Å². The molecule has 0 saturated heterocycles. The normalized spacial score (nSPS) is 10.2. The standard InChI is InChI=1S/C17H14N6O/c1-12-8-15(20-10-13(12)9-18)17(24)21-16-5-7-23(22-16)11-14-4-2-3-6-19-14/h2-8,10H,11H2,1H3,(H,21,22,24). The van der Waals surface area contributed by atoms with Crippen molar-refractivity contribution in [2.45, 2.75) is 13.5 Å². The molecule has 1 N–H and O–H groups in total. The van der Waals surface area contributed by atoms with Crippen LogP contribution in [0.25, 0.3) is 0 Å². The van der Waals surface area contributed by atoms with Gasteiger partial charge in [-0.05, 0) is 30.7 Å². The van der Waals surface area contributed by atoms with Crippen LogP contribution in [0.15, 0.2) is 48.9 Å². The maximum atomic E-state index is 12.2. The summed E-state index contributed by atoms with van der Waals surface area (Å²) in [4.78, 5) is 20.5. The molecule has 0 aliphatic rings. The first-order chi connectivity index (χ1) is 11.7. The molecule has 7 heteroatoms. The molecule has 1 amide bonds. The van der Waals surface area contributed by atoms with Crippen molar-refractivity contribution in [3.05, 3.63) is 71.4 Å². The van der Waals surface area contributed by atoms with Crippen molar-refractivity contribution in [1.82, 2.24) is 19.7 Å². The highest BCUT2D eigenvalue weighted by Gasteiger charge is 2.11. The molecule has 0 unspecified atom stereocenters. The second-order valence-electron chi connectivity index (χ2n) is 5.17. The maximum Gasteiger partial charge on any atom is 0.275 e. The van der Waals surface area contributed by atoms with Gasteiger partial charge in [0, 0.05) is 24.7 Å². The van der Waals surface area contributed by atoms with Crippen molar-refractivity contribution in [2.24, 2.45) is 0 Å². The first-order valence-electron chi connectivity index (χ1n) is 7.27. The van der Waals surface area contributed by atoms with Crippen LogP contribution in [0.1, 0.15) is 27.3 Å². The third kappa shape index (κ3) is 3.44. The second kappa shape index (κ2) is 6.71. The van der Waals surface area contributed by atoms with Gasteiger partial charge in [-0.1, -0.05) is 6.07 Å². The third-order valence-corrected chi connectivity index (χ3v) is 3.40. The first-order valence-corrected chi connectivity index (χ1v) is 7.27. The number of aromatic nitrogens is 4. The molecule has 3 rings (SSSR count). The van der Waals surface area contributed by atoms with Gasteiger partial charge in [0.2, 0.25) is 0 Å². The molecule has 0 aromatic carbocycles. The lowest BCUT2D eigenvalue weighted by molar-refractivity contribution is 0.102. The SMILES string of the molecule is Cc1cc(C(=O)Nc2ccn(Cc3ccccn3)n2)ncc1C#N. The third-order valence-electron chi connectivity index (χ3n) is 3.40. The number of amides is 1. The summed E-state index contributed by atoms with van der Waals surface area (Å²) in [6, 6.07) is 11.0. The Balaban J connectivity index is 1.69. The van der Waals surface area contributed by atoms with Gasteiger partial charge in [0.25, 0.3) is 5.91 Å². The molecule has 0 fully saturated rings. The fraction of sp³-hybridized carbons (Fsp3) is 0.118. The first kappa shape index (κ1) is 15.4. The Morgan fingerprint density at radius 2 is 2.21 bits per heavy atom. The predicted octanol–water partition coefficient (Wildman–Crippen LogP) is 2.15. The lowest BCUT2D eigenvalue weighted by Crippen LogP contribution is -2.15. The summed E-state index contributed by atoms with van der Waals surface area (Å²) < 4.78 is 1.69. The van der Waals surface area contributed by atoms with Crippen LogP contribution in [0, 0.1) is 18.3 Å². The van der Waals surface area contributed by atoms with E-state index in [2.05, 4.69) is 20.4 Å². The van der Waals surface area contributed by atoms with Crippen molar-refractivity contribution in [1.29, 1.82) is 5.26 Å². The van der Waals surface area contributed by atoms with Gasteiger partial charge in [0.1, 0.15) is 11.8 Å². The van der Waals surface area contributed by atoms with Crippen molar-refractivity contribution in [3.63, 3.8) is 0 Å². The Morgan fingerprint density at radius 1 is 1.33 bits per heavy atom. The van der Waals surface area contributed by atoms with E-state index in [1.165, 1.54) is 6.20 Å². The van der Waals surface area contributed by atoms with E-state index in [1.807, 2.05) is 24.3 Å². The molecule has 3 aromatic rings. The fourth-order valence-electron chi connectivity index (χ4n) is 2.15. The van der Waals surface area contributed by atoms with E-state index in [0.717, 1.165) is 5.69 Å². The van der Waals surface area contributed by atoms with Crippen LogP contribution in [0.2, 0.25) is 0 Å². The molecule has 0 radical (unpaired) electrons. The summed E-state index contributed by atoms with van der Waals surface area (Å²) in [7, 11) is 0. The van der Waals surface area contributed by atoms with Crippen molar-refractivity contribution >= 4 is 11.7 Å². The van der Waals surface area contributed by atoms with Gasteiger partial charge in [-0.2, -0.15) is 10.4 Å². The minimum atomic E-state index is -0.370. The fourth-order valence-corrected chi connectivity index (χ4v) is 2.15. The van der Waals surface area contributed by atoms with E-state index in [1.54, 1.807) is 36.1 Å². The Bertz CT molecular complexity index is 910. The molecule has 3 heterocycles. The molecule has 0 aliphatic heterocycles. The zero-order chi connectivity index (χ0) is 16.9. The van der Waals surface area contributed by atoms with Crippen molar-refractivity contribution < 1.29 is 4.79 Å². The smallest absolute Gasteiger partial charge is 0.275 e. The number of hydrogen-bond donors (Lipinski definition) is 1. The highest BCUT2D eigenvalue weighted by atomic mass is 16.1. The molecular formula is C17H14N6O. The van der Waals surface area contributed by atoms with Crippen LogP contribution in [-0.2, 0) is 6.54 Å². The second-order valence-corrected chi connectivity index (χ2v) is 5.17. The molecule has 118 valence electrons. The zero-order valence-electron chi connectivity index (χ0n) is 13.0. The van der Waals surface area contributed by atoms with Gasteiger partial charge in [0.05, 0.1) is 17.8 Å². The summed E-state index contributed by atoms with van der Waals surface area (Å²) in [6.07, 6.45) is 4.88. The van der Waals surface area contributed by atoms with Gasteiger partial charge in [0.15, 0.2) is 5.82 Å². The Morgan fingerprint density at radius 3 is 2.92 bits per heavy atom. The molecule has 0 spiro atoms. The molecule has 0 bridgehead atoms. The number of aryl methyl sites for hydroxylation is 1. The molecular weight excluding hydrogens is 304 g/mol. The lowest BCUT2D eigenvalue weighted by Gasteiger charge is -2.04. The van der Waals surface area contributed by atoms with Crippen molar-refractivity contribution in [3.8, 4) is 6.07 Å². The summed E-state index contributed by atoms with van der Waals surface area (Å²) in [6.45, 7) is 2.28. The Labute approximate surface area is 138 Å². The highest BCUT2D eigenvalue weighted by molar-refractivity contribution is 6.02. The quantitative estimate of drug-likeness (QED) is 0.795. The van der Waals surface area contributed by atoms with Crippen LogP contribution < -0.4 is 5.32 Å². The largest absolute Gasteiger partial charge is 0.304 e. The molecule has 24 heavy (non-hydrogen) atoms. The van der Waals surface area contributed by atoms with Crippen LogP contribution in [-0.4, -0.2) is 25.7 Å². The van der Waals surface area contributed by atoms with E-state index < -0.39 is 0 Å². The average Bonchev–Trinajstić information content (AvgIpc) is 3.02. The number of nitriles is 1. The summed E-state index contributed by atoms with van der Waals surface area (Å²) in [5, 5.41) is 15.9. The minimum absolute atomic E-state index is 0.241. The summed E-state index contributed by atoms with van der Waals surface area (Å²) in [5.41, 5.74) is 2.28. The molecule has 0 aliphatic carbocycles. The number of nitrogens with one attached hydrogen (secondary N) is 1. The predicted molar refractivity (Wildman–Crippen MR) is 87.2 cm³/mol. The van der Waals surface area contributed by atoms with E-state index in [4.69, 9.17) is 5.26 Å². The van der Waals surface area contributed by atoms with Gasteiger partial charge in [-0.3, -0.25) is 14.5 Å². The van der Waals surface area contributed by atoms with E-state index in [-0.39, 0.29) is 11.6 Å². The Hall–Kier alpha value is -3.53. The number of nitrogens with zero attached hydrogens (tertiary/aromatic N) is 5. The monoisotopic (exact) mass is 318 g/mol. The van der Waals surface area contributed by atoms with E-state index >= 15 is 0 Å². The zero-order valence-corrected chi connectivity index (χ0v) is 13.0. The maximum absolute atomic E-state index is 12.2. The summed E-state index contributed by atoms with van der Waals surface area (Å²) >= 11 is 0. The number of carbonyl (C=O) groups is 1. The molecule has 0 saturated carbocycles. The number of carbonyl (C=O) groups excluding carboxylic acids is 1. The lowest BCUT2D eigenvalue weighted by atomic mass is 10.1.